The predicted molar refractivity (Wildman–Crippen MR) is 83.3 cm³/mol. The Bertz CT molecular complexity index is 529. The predicted octanol–water partition coefficient (Wildman–Crippen LogP) is 2.55. The van der Waals surface area contributed by atoms with Gasteiger partial charge in [0.05, 0.1) is 11.1 Å². The van der Waals surface area contributed by atoms with Crippen LogP contribution in [0.25, 0.3) is 0 Å². The summed E-state index contributed by atoms with van der Waals surface area (Å²) in [5.41, 5.74) is 1.14. The summed E-state index contributed by atoms with van der Waals surface area (Å²) in [6, 6.07) is 7.26. The Balaban J connectivity index is 0.000000566. The molecule has 0 aromatic heterocycles. The van der Waals surface area contributed by atoms with Crippen LogP contribution in [0, 0.1) is 11.8 Å². The number of benzene rings is 1. The van der Waals surface area contributed by atoms with Crippen LogP contribution in [0.5, 0.6) is 0 Å². The Morgan fingerprint density at radius 3 is 1.95 bits per heavy atom. The van der Waals surface area contributed by atoms with Gasteiger partial charge in [0.15, 0.2) is 0 Å². The van der Waals surface area contributed by atoms with E-state index in [4.69, 9.17) is 0 Å². The summed E-state index contributed by atoms with van der Waals surface area (Å²) in [5.74, 6) is 1.07. The molecule has 3 atom stereocenters. The van der Waals surface area contributed by atoms with Crippen molar-refractivity contribution in [2.45, 2.75) is 32.7 Å². The smallest absolute Gasteiger partial charge is 0.261 e. The van der Waals surface area contributed by atoms with E-state index in [0.29, 0.717) is 23.0 Å². The molecule has 2 heterocycles. The highest BCUT2D eigenvalue weighted by molar-refractivity contribution is 6.21. The van der Waals surface area contributed by atoms with Gasteiger partial charge in [0.25, 0.3) is 11.8 Å². The van der Waals surface area contributed by atoms with Crippen LogP contribution in [0.4, 0.5) is 0 Å². The molecule has 2 aliphatic heterocycles. The third-order valence-corrected chi connectivity index (χ3v) is 4.82. The Morgan fingerprint density at radius 1 is 1.00 bits per heavy atom. The first-order valence-corrected chi connectivity index (χ1v) is 7.93. The number of nitrogens with zero attached hydrogens (tertiary/aromatic N) is 1. The van der Waals surface area contributed by atoms with Gasteiger partial charge < -0.3 is 5.32 Å². The minimum absolute atomic E-state index is 0. The summed E-state index contributed by atoms with van der Waals surface area (Å²) in [6.07, 6.45) is 1.92. The molecule has 1 N–H and O–H groups in total. The molecule has 4 rings (SSSR count). The second kappa shape index (κ2) is 5.60. The van der Waals surface area contributed by atoms with Gasteiger partial charge in [-0.2, -0.15) is 0 Å². The lowest BCUT2D eigenvalue weighted by Crippen LogP contribution is -2.39. The van der Waals surface area contributed by atoms with Crippen LogP contribution < -0.4 is 5.32 Å². The fourth-order valence-corrected chi connectivity index (χ4v) is 3.88. The molecule has 4 nitrogen and oxygen atoms in total. The maximum absolute atomic E-state index is 12.4. The van der Waals surface area contributed by atoms with E-state index in [1.807, 2.05) is 26.0 Å². The zero-order valence-electron chi connectivity index (χ0n) is 12.6. The molecule has 2 fully saturated rings. The average molecular weight is 288 g/mol. The average Bonchev–Trinajstić information content (AvgIpc) is 3.16. The van der Waals surface area contributed by atoms with Crippen LogP contribution in [-0.4, -0.2) is 35.8 Å². The number of hydrogen-bond acceptors (Lipinski definition) is 3. The van der Waals surface area contributed by atoms with Crippen molar-refractivity contribution in [1.29, 1.82) is 0 Å². The van der Waals surface area contributed by atoms with Crippen molar-refractivity contribution >= 4 is 11.8 Å². The van der Waals surface area contributed by atoms with Crippen molar-refractivity contribution in [2.75, 3.05) is 13.1 Å². The highest BCUT2D eigenvalue weighted by Crippen LogP contribution is 2.39. The Hall–Kier alpha value is -1.68. The largest absolute Gasteiger partial charge is 0.316 e. The molecule has 1 saturated carbocycles. The zero-order valence-corrected chi connectivity index (χ0v) is 12.6. The molecule has 2 amide bonds. The molecule has 3 aliphatic rings. The van der Waals surface area contributed by atoms with E-state index < -0.39 is 0 Å². The number of carbonyl (C=O) groups excluding carboxylic acids is 2. The Kier molecular flexibility index (Phi) is 3.81. The third kappa shape index (κ3) is 2.18. The Labute approximate surface area is 127 Å². The maximum atomic E-state index is 12.4. The number of carbonyl (C=O) groups is 2. The number of amides is 2. The SMILES string of the molecule is CC.O=C1c2ccccc2C(=O)N1C1CC2CNC[C@@H]2C1.[HH]. The van der Waals surface area contributed by atoms with Crippen molar-refractivity contribution in [3.8, 4) is 0 Å². The lowest BCUT2D eigenvalue weighted by atomic mass is 10.0. The van der Waals surface area contributed by atoms with E-state index in [2.05, 4.69) is 5.32 Å². The van der Waals surface area contributed by atoms with Gasteiger partial charge in [-0.05, 0) is 49.9 Å². The molecule has 4 heteroatoms. The van der Waals surface area contributed by atoms with Crippen molar-refractivity contribution in [3.05, 3.63) is 35.4 Å². The van der Waals surface area contributed by atoms with E-state index in [0.717, 1.165) is 25.9 Å². The van der Waals surface area contributed by atoms with E-state index in [1.54, 1.807) is 12.1 Å². The van der Waals surface area contributed by atoms with Gasteiger partial charge in [0.1, 0.15) is 0 Å². The van der Waals surface area contributed by atoms with Gasteiger partial charge in [-0.15, -0.1) is 0 Å². The lowest BCUT2D eigenvalue weighted by molar-refractivity contribution is 0.0582. The summed E-state index contributed by atoms with van der Waals surface area (Å²) in [5, 5.41) is 3.39. The highest BCUT2D eigenvalue weighted by atomic mass is 16.2. The van der Waals surface area contributed by atoms with Crippen molar-refractivity contribution in [2.24, 2.45) is 11.8 Å². The van der Waals surface area contributed by atoms with Gasteiger partial charge >= 0.3 is 0 Å². The van der Waals surface area contributed by atoms with Crippen LogP contribution in [-0.2, 0) is 0 Å². The normalized spacial score (nSPS) is 30.0. The molecule has 1 aliphatic carbocycles. The molecule has 114 valence electrons. The number of fused-ring (bicyclic) bond motifs is 2. The van der Waals surface area contributed by atoms with Crippen molar-refractivity contribution < 1.29 is 11.0 Å². The van der Waals surface area contributed by atoms with E-state index >= 15 is 0 Å². The second-order valence-corrected chi connectivity index (χ2v) is 5.83. The van der Waals surface area contributed by atoms with Crippen LogP contribution >= 0.6 is 0 Å². The fraction of sp³-hybridized carbons (Fsp3) is 0.529. The second-order valence-electron chi connectivity index (χ2n) is 5.83. The zero-order chi connectivity index (χ0) is 15.0. The van der Waals surface area contributed by atoms with Crippen molar-refractivity contribution in [3.63, 3.8) is 0 Å². The molecule has 0 spiro atoms. The summed E-state index contributed by atoms with van der Waals surface area (Å²) >= 11 is 0. The first-order valence-electron chi connectivity index (χ1n) is 7.93. The van der Waals surface area contributed by atoms with Gasteiger partial charge in [0, 0.05) is 7.47 Å². The summed E-state index contributed by atoms with van der Waals surface area (Å²) < 4.78 is 0. The maximum Gasteiger partial charge on any atom is 0.261 e. The summed E-state index contributed by atoms with van der Waals surface area (Å²) in [7, 11) is 0. The number of hydrogen-bond donors (Lipinski definition) is 1. The van der Waals surface area contributed by atoms with Gasteiger partial charge in [-0.3, -0.25) is 14.5 Å². The molecule has 1 aromatic rings. The first-order chi connectivity index (χ1) is 10.3. The molecule has 0 bridgehead atoms. The summed E-state index contributed by atoms with van der Waals surface area (Å²) in [6.45, 7) is 6.06. The standard InChI is InChI=1S/C15H16N2O2.C2H6.H2/c18-14-12-3-1-2-4-13(12)15(19)17(14)11-5-9-7-16-8-10(9)6-11;1-2;/h1-4,9-11,16H,5-8H2;1-2H3;1H/t9-,10?,11?;;/m0../s1. The topological polar surface area (TPSA) is 49.4 Å². The van der Waals surface area contributed by atoms with Gasteiger partial charge in [0.2, 0.25) is 0 Å². The first kappa shape index (κ1) is 14.3. The quantitative estimate of drug-likeness (QED) is 0.808. The number of nitrogens with one attached hydrogen (secondary N) is 1. The number of rotatable bonds is 1. The fourth-order valence-electron chi connectivity index (χ4n) is 3.88. The molecule has 1 saturated heterocycles. The summed E-state index contributed by atoms with van der Waals surface area (Å²) in [4.78, 5) is 26.3. The van der Waals surface area contributed by atoms with Gasteiger partial charge in [-0.1, -0.05) is 26.0 Å². The highest BCUT2D eigenvalue weighted by Gasteiger charge is 2.46. The Morgan fingerprint density at radius 2 is 1.48 bits per heavy atom. The lowest BCUT2D eigenvalue weighted by Gasteiger charge is -2.22. The van der Waals surface area contributed by atoms with Gasteiger partial charge in [-0.25, -0.2) is 0 Å². The monoisotopic (exact) mass is 288 g/mol. The molecule has 2 unspecified atom stereocenters. The van der Waals surface area contributed by atoms with Crippen LogP contribution in [0.1, 0.15) is 48.8 Å². The molecular formula is C17H24N2O2. The number of imide groups is 1. The molecule has 0 radical (unpaired) electrons. The van der Waals surface area contributed by atoms with Crippen LogP contribution in [0.2, 0.25) is 0 Å². The molecule has 21 heavy (non-hydrogen) atoms. The third-order valence-electron chi connectivity index (χ3n) is 4.82. The van der Waals surface area contributed by atoms with Crippen molar-refractivity contribution in [1.82, 2.24) is 10.2 Å². The molecular weight excluding hydrogens is 264 g/mol. The van der Waals surface area contributed by atoms with E-state index in [-0.39, 0.29) is 19.3 Å². The minimum Gasteiger partial charge on any atom is -0.316 e. The minimum atomic E-state index is -0.0986. The van der Waals surface area contributed by atoms with E-state index in [9.17, 15) is 9.59 Å². The van der Waals surface area contributed by atoms with Crippen LogP contribution in [0.3, 0.4) is 0 Å². The van der Waals surface area contributed by atoms with Crippen LogP contribution in [0.15, 0.2) is 24.3 Å². The molecule has 1 aromatic carbocycles. The van der Waals surface area contributed by atoms with E-state index in [1.165, 1.54) is 4.90 Å².